The van der Waals surface area contributed by atoms with Crippen molar-refractivity contribution < 1.29 is 35.3 Å². The summed E-state index contributed by atoms with van der Waals surface area (Å²) < 4.78 is 68.0. The van der Waals surface area contributed by atoms with Gasteiger partial charge in [0.25, 0.3) is 0 Å². The number of alkyl halides is 3. The molecule has 0 aliphatic heterocycles. The van der Waals surface area contributed by atoms with Crippen LogP contribution < -0.4 is 4.18 Å². The Labute approximate surface area is 150 Å². The van der Waals surface area contributed by atoms with Crippen LogP contribution in [0.1, 0.15) is 50.5 Å². The lowest BCUT2D eigenvalue weighted by atomic mass is 9.78. The standard InChI is InChI=1S/C17H21F3O5S/c1-12(21)24-11-10-13-2-4-14(5-3-13)15-6-8-16(9-7-15)25-26(22,23)17(18,19)20/h6-9,13-14H,2-5,10-11H2,1H3. The lowest BCUT2D eigenvalue weighted by Crippen LogP contribution is -2.28. The Hall–Kier alpha value is -1.77. The van der Waals surface area contributed by atoms with E-state index in [1.54, 1.807) is 12.1 Å². The van der Waals surface area contributed by atoms with Gasteiger partial charge in [-0.1, -0.05) is 12.1 Å². The number of esters is 1. The molecule has 1 aromatic rings. The number of ether oxygens (including phenoxy) is 1. The molecule has 0 radical (unpaired) electrons. The number of hydrogen-bond donors (Lipinski definition) is 0. The first-order valence-electron chi connectivity index (χ1n) is 8.32. The van der Waals surface area contributed by atoms with Crippen molar-refractivity contribution in [3.05, 3.63) is 29.8 Å². The van der Waals surface area contributed by atoms with Crippen molar-refractivity contribution in [1.29, 1.82) is 0 Å². The fraction of sp³-hybridized carbons (Fsp3) is 0.588. The van der Waals surface area contributed by atoms with Crippen molar-refractivity contribution in [3.63, 3.8) is 0 Å². The molecule has 0 atom stereocenters. The zero-order valence-corrected chi connectivity index (χ0v) is 15.1. The van der Waals surface area contributed by atoms with Gasteiger partial charge in [0.1, 0.15) is 5.75 Å². The highest BCUT2D eigenvalue weighted by Crippen LogP contribution is 2.37. The Morgan fingerprint density at radius 2 is 1.69 bits per heavy atom. The molecular weight excluding hydrogens is 373 g/mol. The Kier molecular flexibility index (Phi) is 6.54. The highest BCUT2D eigenvalue weighted by Gasteiger charge is 2.48. The van der Waals surface area contributed by atoms with E-state index in [0.29, 0.717) is 12.5 Å². The number of benzene rings is 1. The van der Waals surface area contributed by atoms with Gasteiger partial charge in [-0.15, -0.1) is 0 Å². The Balaban J connectivity index is 1.87. The van der Waals surface area contributed by atoms with Gasteiger partial charge in [0.2, 0.25) is 0 Å². The van der Waals surface area contributed by atoms with Crippen molar-refractivity contribution in [1.82, 2.24) is 0 Å². The summed E-state index contributed by atoms with van der Waals surface area (Å²) in [7, 11) is -5.65. The number of rotatable bonds is 6. The molecule has 2 rings (SSSR count). The molecule has 0 spiro atoms. The lowest BCUT2D eigenvalue weighted by Gasteiger charge is -2.28. The van der Waals surface area contributed by atoms with Crippen LogP contribution in [-0.2, 0) is 19.6 Å². The predicted octanol–water partition coefficient (Wildman–Crippen LogP) is 4.14. The summed E-state index contributed by atoms with van der Waals surface area (Å²) in [6.07, 6.45) is 4.63. The Morgan fingerprint density at radius 1 is 1.12 bits per heavy atom. The monoisotopic (exact) mass is 394 g/mol. The molecule has 0 aromatic heterocycles. The van der Waals surface area contributed by atoms with Gasteiger partial charge in [0.05, 0.1) is 6.61 Å². The Morgan fingerprint density at radius 3 is 2.19 bits per heavy atom. The summed E-state index contributed by atoms with van der Waals surface area (Å²) in [5.74, 6) is 0.119. The van der Waals surface area contributed by atoms with Crippen LogP contribution in [0.2, 0.25) is 0 Å². The summed E-state index contributed by atoms with van der Waals surface area (Å²) in [6.45, 7) is 1.80. The molecule has 0 bridgehead atoms. The molecule has 26 heavy (non-hydrogen) atoms. The van der Waals surface area contributed by atoms with Crippen molar-refractivity contribution >= 4 is 16.1 Å². The number of hydrogen-bond acceptors (Lipinski definition) is 5. The summed E-state index contributed by atoms with van der Waals surface area (Å²) in [5.41, 5.74) is -4.50. The fourth-order valence-corrected chi connectivity index (χ4v) is 3.58. The minimum absolute atomic E-state index is 0.272. The normalized spacial score (nSPS) is 21.2. The molecule has 1 saturated carbocycles. The topological polar surface area (TPSA) is 69.7 Å². The Bertz CT molecular complexity index is 705. The molecule has 1 aliphatic rings. The van der Waals surface area contributed by atoms with Crippen LogP contribution >= 0.6 is 0 Å². The van der Waals surface area contributed by atoms with Gasteiger partial charge in [-0.3, -0.25) is 4.79 Å². The van der Waals surface area contributed by atoms with Gasteiger partial charge < -0.3 is 8.92 Å². The van der Waals surface area contributed by atoms with Gasteiger partial charge >= 0.3 is 21.6 Å². The molecule has 9 heteroatoms. The molecule has 0 N–H and O–H groups in total. The molecule has 5 nitrogen and oxygen atoms in total. The highest BCUT2D eigenvalue weighted by atomic mass is 32.2. The second kappa shape index (κ2) is 8.28. The van der Waals surface area contributed by atoms with Crippen molar-refractivity contribution in [2.75, 3.05) is 6.61 Å². The average Bonchev–Trinajstić information content (AvgIpc) is 2.54. The number of halogens is 3. The quantitative estimate of drug-likeness (QED) is 0.412. The fourth-order valence-electron chi connectivity index (χ4n) is 3.12. The maximum absolute atomic E-state index is 12.3. The van der Waals surface area contributed by atoms with E-state index in [2.05, 4.69) is 4.18 Å². The highest BCUT2D eigenvalue weighted by molar-refractivity contribution is 7.88. The van der Waals surface area contributed by atoms with Gasteiger partial charge in [-0.05, 0) is 61.6 Å². The van der Waals surface area contributed by atoms with Crippen molar-refractivity contribution in [2.45, 2.75) is 50.5 Å². The van der Waals surface area contributed by atoms with Crippen LogP contribution in [0.15, 0.2) is 24.3 Å². The van der Waals surface area contributed by atoms with E-state index in [4.69, 9.17) is 4.74 Å². The third-order valence-corrected chi connectivity index (χ3v) is 5.50. The van der Waals surface area contributed by atoms with Crippen LogP contribution in [-0.4, -0.2) is 26.5 Å². The van der Waals surface area contributed by atoms with Gasteiger partial charge in [0.15, 0.2) is 0 Å². The maximum Gasteiger partial charge on any atom is 0.534 e. The third-order valence-electron chi connectivity index (χ3n) is 4.52. The summed E-state index contributed by atoms with van der Waals surface area (Å²) in [5, 5.41) is 0. The molecule has 1 aromatic carbocycles. The first-order chi connectivity index (χ1) is 12.1. The van der Waals surface area contributed by atoms with E-state index >= 15 is 0 Å². The first kappa shape index (κ1) is 20.5. The second-order valence-corrected chi connectivity index (χ2v) is 7.94. The van der Waals surface area contributed by atoms with Gasteiger partial charge in [-0.25, -0.2) is 0 Å². The molecule has 0 unspecified atom stereocenters. The molecule has 0 saturated heterocycles. The minimum Gasteiger partial charge on any atom is -0.466 e. The molecule has 0 amide bonds. The number of carbonyl (C=O) groups is 1. The van der Waals surface area contributed by atoms with Crippen LogP contribution in [0.3, 0.4) is 0 Å². The van der Waals surface area contributed by atoms with E-state index in [0.717, 1.165) is 37.7 Å². The van der Waals surface area contributed by atoms with E-state index in [-0.39, 0.29) is 17.6 Å². The molecule has 1 fully saturated rings. The van der Waals surface area contributed by atoms with Crippen molar-refractivity contribution in [3.8, 4) is 5.75 Å². The first-order valence-corrected chi connectivity index (χ1v) is 9.73. The van der Waals surface area contributed by atoms with E-state index in [1.165, 1.54) is 19.1 Å². The maximum atomic E-state index is 12.3. The van der Waals surface area contributed by atoms with Crippen LogP contribution in [0.25, 0.3) is 0 Å². The zero-order chi connectivity index (χ0) is 19.4. The van der Waals surface area contributed by atoms with E-state index < -0.39 is 15.6 Å². The smallest absolute Gasteiger partial charge is 0.466 e. The molecule has 146 valence electrons. The average molecular weight is 394 g/mol. The van der Waals surface area contributed by atoms with E-state index in [1.807, 2.05) is 0 Å². The van der Waals surface area contributed by atoms with Crippen LogP contribution in [0, 0.1) is 5.92 Å². The largest absolute Gasteiger partial charge is 0.534 e. The zero-order valence-electron chi connectivity index (χ0n) is 14.3. The third kappa shape index (κ3) is 5.62. The SMILES string of the molecule is CC(=O)OCCC1CCC(c2ccc(OS(=O)(=O)C(F)(F)F)cc2)CC1. The molecular formula is C17H21F3O5S. The summed E-state index contributed by atoms with van der Waals surface area (Å²) in [4.78, 5) is 10.8. The second-order valence-electron chi connectivity index (χ2n) is 6.40. The number of carbonyl (C=O) groups excluding carboxylic acids is 1. The summed E-state index contributed by atoms with van der Waals surface area (Å²) >= 11 is 0. The van der Waals surface area contributed by atoms with Crippen molar-refractivity contribution in [2.24, 2.45) is 5.92 Å². The minimum atomic E-state index is -5.65. The predicted molar refractivity (Wildman–Crippen MR) is 88.0 cm³/mol. The van der Waals surface area contributed by atoms with E-state index in [9.17, 15) is 26.4 Å². The van der Waals surface area contributed by atoms with Gasteiger partial charge in [-0.2, -0.15) is 21.6 Å². The molecule has 1 aliphatic carbocycles. The lowest BCUT2D eigenvalue weighted by molar-refractivity contribution is -0.141. The summed E-state index contributed by atoms with van der Waals surface area (Å²) in [6, 6.07) is 5.69. The van der Waals surface area contributed by atoms with Crippen LogP contribution in [0.5, 0.6) is 5.75 Å². The van der Waals surface area contributed by atoms with Gasteiger partial charge in [0, 0.05) is 6.92 Å². The van der Waals surface area contributed by atoms with Crippen LogP contribution in [0.4, 0.5) is 13.2 Å². The molecule has 0 heterocycles.